The summed E-state index contributed by atoms with van der Waals surface area (Å²) in [6.07, 6.45) is 0.864. The van der Waals surface area contributed by atoms with Gasteiger partial charge in [0.25, 0.3) is 0 Å². The van der Waals surface area contributed by atoms with Gasteiger partial charge in [-0.1, -0.05) is 66.7 Å². The summed E-state index contributed by atoms with van der Waals surface area (Å²) < 4.78 is 0. The van der Waals surface area contributed by atoms with Crippen molar-refractivity contribution in [3.8, 4) is 0 Å². The number of rotatable bonds is 4. The van der Waals surface area contributed by atoms with E-state index in [4.69, 9.17) is 5.73 Å². The molecule has 0 fully saturated rings. The minimum Gasteiger partial charge on any atom is -0.398 e. The van der Waals surface area contributed by atoms with Crippen LogP contribution in [-0.2, 0) is 6.42 Å². The van der Waals surface area contributed by atoms with Crippen molar-refractivity contribution in [1.29, 1.82) is 0 Å². The maximum atomic E-state index is 12.5. The van der Waals surface area contributed by atoms with Gasteiger partial charge < -0.3 is 5.73 Å². The molecule has 0 saturated carbocycles. The van der Waals surface area contributed by atoms with Crippen LogP contribution in [0.15, 0.2) is 78.9 Å². The van der Waals surface area contributed by atoms with Crippen LogP contribution >= 0.6 is 0 Å². The van der Waals surface area contributed by atoms with Crippen molar-refractivity contribution >= 4 is 11.5 Å². The first-order valence-electron chi connectivity index (χ1n) is 7.26. The fourth-order valence-electron chi connectivity index (χ4n) is 2.46. The fraction of sp³-hybridized carbons (Fsp3) is 0.0500. The van der Waals surface area contributed by atoms with Crippen LogP contribution in [0.1, 0.15) is 27.0 Å². The van der Waals surface area contributed by atoms with Gasteiger partial charge in [-0.05, 0) is 29.7 Å². The zero-order valence-electron chi connectivity index (χ0n) is 12.2. The monoisotopic (exact) mass is 287 g/mol. The molecule has 0 aliphatic heterocycles. The molecule has 0 amide bonds. The Kier molecular flexibility index (Phi) is 4.01. The van der Waals surface area contributed by atoms with E-state index < -0.39 is 0 Å². The molecular formula is C20H17NO. The van der Waals surface area contributed by atoms with Crippen LogP contribution in [-0.4, -0.2) is 5.78 Å². The molecule has 2 heteroatoms. The van der Waals surface area contributed by atoms with Crippen molar-refractivity contribution in [1.82, 2.24) is 0 Å². The third-order valence-electron chi connectivity index (χ3n) is 3.67. The fourth-order valence-corrected chi connectivity index (χ4v) is 2.46. The molecule has 3 aromatic rings. The van der Waals surface area contributed by atoms with Crippen molar-refractivity contribution in [2.24, 2.45) is 0 Å². The van der Waals surface area contributed by atoms with Gasteiger partial charge in [-0.3, -0.25) is 4.79 Å². The Hall–Kier alpha value is -2.87. The second-order valence-corrected chi connectivity index (χ2v) is 5.28. The van der Waals surface area contributed by atoms with Crippen LogP contribution in [0.2, 0.25) is 0 Å². The Morgan fingerprint density at radius 3 is 2.00 bits per heavy atom. The second kappa shape index (κ2) is 6.27. The van der Waals surface area contributed by atoms with E-state index in [2.05, 4.69) is 12.1 Å². The molecule has 0 aliphatic carbocycles. The van der Waals surface area contributed by atoms with E-state index >= 15 is 0 Å². The molecule has 0 saturated heterocycles. The number of carbonyl (C=O) groups excluding carboxylic acids is 1. The van der Waals surface area contributed by atoms with E-state index in [-0.39, 0.29) is 5.78 Å². The third kappa shape index (κ3) is 3.07. The number of ketones is 1. The molecule has 2 N–H and O–H groups in total. The SMILES string of the molecule is Nc1ccccc1C(=O)c1ccc(Cc2ccccc2)cc1. The maximum absolute atomic E-state index is 12.5. The van der Waals surface area contributed by atoms with Crippen LogP contribution in [0.5, 0.6) is 0 Å². The van der Waals surface area contributed by atoms with Gasteiger partial charge >= 0.3 is 0 Å². The molecule has 0 aliphatic rings. The molecule has 3 rings (SSSR count). The van der Waals surface area contributed by atoms with Crippen molar-refractivity contribution < 1.29 is 4.79 Å². The Morgan fingerprint density at radius 2 is 1.32 bits per heavy atom. The smallest absolute Gasteiger partial charge is 0.195 e. The van der Waals surface area contributed by atoms with E-state index in [0.717, 1.165) is 6.42 Å². The molecule has 0 unspecified atom stereocenters. The molecule has 22 heavy (non-hydrogen) atoms. The first-order valence-corrected chi connectivity index (χ1v) is 7.26. The molecule has 0 spiro atoms. The highest BCUT2D eigenvalue weighted by molar-refractivity contribution is 6.12. The van der Waals surface area contributed by atoms with Gasteiger partial charge in [0.15, 0.2) is 5.78 Å². The average Bonchev–Trinajstić information content (AvgIpc) is 2.56. The Morgan fingerprint density at radius 1 is 0.727 bits per heavy atom. The highest BCUT2D eigenvalue weighted by atomic mass is 16.1. The second-order valence-electron chi connectivity index (χ2n) is 5.28. The number of hydrogen-bond acceptors (Lipinski definition) is 2. The normalized spacial score (nSPS) is 10.4. The molecule has 0 heterocycles. The number of hydrogen-bond donors (Lipinski definition) is 1. The number of nitrogens with two attached hydrogens (primary N) is 1. The largest absolute Gasteiger partial charge is 0.398 e. The summed E-state index contributed by atoms with van der Waals surface area (Å²) in [6, 6.07) is 25.2. The number of carbonyl (C=O) groups is 1. The highest BCUT2D eigenvalue weighted by Crippen LogP contribution is 2.17. The molecule has 0 atom stereocenters. The lowest BCUT2D eigenvalue weighted by molar-refractivity contribution is 0.103. The summed E-state index contributed by atoms with van der Waals surface area (Å²) in [7, 11) is 0. The molecule has 0 bridgehead atoms. The van der Waals surface area contributed by atoms with Gasteiger partial charge in [-0.2, -0.15) is 0 Å². The number of nitrogen functional groups attached to an aromatic ring is 1. The van der Waals surface area contributed by atoms with Crippen LogP contribution in [0.3, 0.4) is 0 Å². The summed E-state index contributed by atoms with van der Waals surface area (Å²) >= 11 is 0. The van der Waals surface area contributed by atoms with Crippen LogP contribution < -0.4 is 5.73 Å². The van der Waals surface area contributed by atoms with E-state index in [9.17, 15) is 4.79 Å². The summed E-state index contributed by atoms with van der Waals surface area (Å²) in [5.74, 6) is -0.0376. The van der Waals surface area contributed by atoms with Gasteiger partial charge in [0.1, 0.15) is 0 Å². The average molecular weight is 287 g/mol. The summed E-state index contributed by atoms with van der Waals surface area (Å²) in [4.78, 5) is 12.5. The van der Waals surface area contributed by atoms with Crippen LogP contribution in [0.25, 0.3) is 0 Å². The third-order valence-corrected chi connectivity index (χ3v) is 3.67. The molecule has 2 nitrogen and oxygen atoms in total. The van der Waals surface area contributed by atoms with Gasteiger partial charge in [-0.25, -0.2) is 0 Å². The molecule has 0 aromatic heterocycles. The minimum absolute atomic E-state index is 0.0376. The summed E-state index contributed by atoms with van der Waals surface area (Å²) in [5, 5.41) is 0. The topological polar surface area (TPSA) is 43.1 Å². The number of anilines is 1. The lowest BCUT2D eigenvalue weighted by Crippen LogP contribution is -2.05. The first kappa shape index (κ1) is 14.1. The van der Waals surface area contributed by atoms with Crippen molar-refractivity contribution in [2.75, 3.05) is 5.73 Å². The zero-order valence-corrected chi connectivity index (χ0v) is 12.2. The van der Waals surface area contributed by atoms with Crippen molar-refractivity contribution in [3.63, 3.8) is 0 Å². The lowest BCUT2D eigenvalue weighted by Gasteiger charge is -2.06. The quantitative estimate of drug-likeness (QED) is 0.580. The number of para-hydroxylation sites is 1. The summed E-state index contributed by atoms with van der Waals surface area (Å²) in [6.45, 7) is 0. The molecule has 3 aromatic carbocycles. The Labute approximate surface area is 130 Å². The summed E-state index contributed by atoms with van der Waals surface area (Å²) in [5.41, 5.74) is 10.0. The van der Waals surface area contributed by atoms with E-state index in [1.807, 2.05) is 54.6 Å². The van der Waals surface area contributed by atoms with Gasteiger partial charge in [0, 0.05) is 16.8 Å². The van der Waals surface area contributed by atoms with Crippen molar-refractivity contribution in [2.45, 2.75) is 6.42 Å². The number of benzene rings is 3. The predicted molar refractivity (Wildman–Crippen MR) is 90.0 cm³/mol. The van der Waals surface area contributed by atoms with Crippen LogP contribution in [0, 0.1) is 0 Å². The Balaban J connectivity index is 1.80. The molecule has 0 radical (unpaired) electrons. The highest BCUT2D eigenvalue weighted by Gasteiger charge is 2.11. The maximum Gasteiger partial charge on any atom is 0.195 e. The zero-order chi connectivity index (χ0) is 15.4. The lowest BCUT2D eigenvalue weighted by atomic mass is 9.99. The Bertz CT molecular complexity index is 776. The first-order chi connectivity index (χ1) is 10.7. The molecular weight excluding hydrogens is 270 g/mol. The van der Waals surface area contributed by atoms with E-state index in [0.29, 0.717) is 16.8 Å². The minimum atomic E-state index is -0.0376. The van der Waals surface area contributed by atoms with Crippen LogP contribution in [0.4, 0.5) is 5.69 Å². The predicted octanol–water partition coefficient (Wildman–Crippen LogP) is 4.09. The van der Waals surface area contributed by atoms with E-state index in [1.54, 1.807) is 12.1 Å². The van der Waals surface area contributed by atoms with Crippen molar-refractivity contribution in [3.05, 3.63) is 101 Å². The van der Waals surface area contributed by atoms with Gasteiger partial charge in [-0.15, -0.1) is 0 Å². The van der Waals surface area contributed by atoms with E-state index in [1.165, 1.54) is 11.1 Å². The molecule has 108 valence electrons. The van der Waals surface area contributed by atoms with Gasteiger partial charge in [0.2, 0.25) is 0 Å². The standard InChI is InChI=1S/C20H17NO/c21-19-9-5-4-8-18(19)20(22)17-12-10-16(11-13-17)14-15-6-2-1-3-7-15/h1-13H,14,21H2. The van der Waals surface area contributed by atoms with Gasteiger partial charge in [0.05, 0.1) is 0 Å².